The maximum absolute atomic E-state index is 13.4. The lowest BCUT2D eigenvalue weighted by molar-refractivity contribution is -0.122. The van der Waals surface area contributed by atoms with Gasteiger partial charge in [0.1, 0.15) is 18.1 Å². The number of anilines is 1. The summed E-state index contributed by atoms with van der Waals surface area (Å²) in [6, 6.07) is 2.38. The van der Waals surface area contributed by atoms with Crippen molar-refractivity contribution in [2.24, 2.45) is 5.92 Å². The van der Waals surface area contributed by atoms with Gasteiger partial charge in [0.2, 0.25) is 17.6 Å². The SMILES string of the molecule is COC(=O)Nc1cnc(C(C)(C)C)n(CC(=O)N[C@H](C(=O)c2nnc(C(C)(C)c3ccc(Cl)cn3)o2)C(C)C)c1=O. The molecule has 14 heteroatoms. The number of methoxy groups -OCH3 is 1. The number of rotatable bonds is 9. The molecule has 0 aliphatic carbocycles. The Hall–Kier alpha value is -4.13. The predicted octanol–water partition coefficient (Wildman–Crippen LogP) is 3.50. The largest absolute Gasteiger partial charge is 0.453 e. The number of nitrogens with one attached hydrogen (secondary N) is 2. The number of ether oxygens (including phenoxy) is 1. The lowest BCUT2D eigenvalue weighted by Gasteiger charge is -2.24. The Balaban J connectivity index is 1.86. The lowest BCUT2D eigenvalue weighted by atomic mass is 9.89. The van der Waals surface area contributed by atoms with Crippen LogP contribution in [0.25, 0.3) is 0 Å². The Bertz CT molecular complexity index is 1490. The molecule has 0 fully saturated rings. The van der Waals surface area contributed by atoms with Crippen molar-refractivity contribution in [2.75, 3.05) is 12.4 Å². The quantitative estimate of drug-likeness (QED) is 0.353. The van der Waals surface area contributed by atoms with E-state index in [1.165, 1.54) is 12.4 Å². The Morgan fingerprint density at radius 1 is 1.07 bits per heavy atom. The zero-order valence-electron chi connectivity index (χ0n) is 24.2. The van der Waals surface area contributed by atoms with Crippen molar-refractivity contribution >= 4 is 35.1 Å². The molecule has 1 atom stereocenters. The van der Waals surface area contributed by atoms with Crippen molar-refractivity contribution in [3.63, 3.8) is 0 Å². The summed E-state index contributed by atoms with van der Waals surface area (Å²) in [4.78, 5) is 60.1. The molecule has 3 rings (SSSR count). The Morgan fingerprint density at radius 2 is 1.76 bits per heavy atom. The van der Waals surface area contributed by atoms with Gasteiger partial charge in [-0.05, 0) is 31.9 Å². The summed E-state index contributed by atoms with van der Waals surface area (Å²) in [6.45, 7) is 12.1. The number of hydrogen-bond acceptors (Lipinski definition) is 10. The summed E-state index contributed by atoms with van der Waals surface area (Å²) >= 11 is 5.95. The van der Waals surface area contributed by atoms with Gasteiger partial charge in [-0.15, -0.1) is 10.2 Å². The third kappa shape index (κ3) is 7.15. The Kier molecular flexibility index (Phi) is 9.32. The van der Waals surface area contributed by atoms with E-state index in [9.17, 15) is 19.2 Å². The summed E-state index contributed by atoms with van der Waals surface area (Å²) < 4.78 is 11.5. The molecule has 0 saturated heterocycles. The second-order valence-corrected chi connectivity index (χ2v) is 11.7. The standard InChI is InChI=1S/C27H34ClN7O6/c1-14(2)19(20(37)21-33-34-24(41-21)27(6,7)17-10-9-15(28)11-29-17)32-18(36)13-35-22(38)16(31-25(39)40-8)12-30-23(35)26(3,4)5/h9-12,14,19H,13H2,1-8H3,(H,31,39)(H,32,36)/t19-/m0/s1. The van der Waals surface area contributed by atoms with Gasteiger partial charge in [-0.25, -0.2) is 9.78 Å². The normalized spacial score (nSPS) is 12.6. The second kappa shape index (κ2) is 12.2. The van der Waals surface area contributed by atoms with E-state index in [2.05, 4.69) is 35.5 Å². The number of halogens is 1. The highest BCUT2D eigenvalue weighted by Crippen LogP contribution is 2.30. The van der Waals surface area contributed by atoms with Crippen LogP contribution in [0.2, 0.25) is 5.02 Å². The molecule has 0 unspecified atom stereocenters. The number of carbonyl (C=O) groups excluding carboxylic acids is 3. The Labute approximate surface area is 242 Å². The fourth-order valence-electron chi connectivity index (χ4n) is 3.95. The maximum atomic E-state index is 13.4. The third-order valence-electron chi connectivity index (χ3n) is 6.25. The first kappa shape index (κ1) is 31.4. The molecule has 0 spiro atoms. The number of nitrogens with zero attached hydrogens (tertiary/aromatic N) is 5. The van der Waals surface area contributed by atoms with Crippen LogP contribution in [0.5, 0.6) is 0 Å². The number of pyridine rings is 1. The molecule has 13 nitrogen and oxygen atoms in total. The molecule has 3 aromatic rings. The first-order valence-electron chi connectivity index (χ1n) is 12.8. The van der Waals surface area contributed by atoms with Crippen LogP contribution in [0.1, 0.15) is 76.6 Å². The van der Waals surface area contributed by atoms with Crippen molar-refractivity contribution in [1.82, 2.24) is 30.0 Å². The van der Waals surface area contributed by atoms with E-state index >= 15 is 0 Å². The van der Waals surface area contributed by atoms with E-state index in [0.717, 1.165) is 11.7 Å². The minimum Gasteiger partial charge on any atom is -0.453 e. The van der Waals surface area contributed by atoms with E-state index < -0.39 is 46.8 Å². The number of aromatic nitrogens is 5. The highest BCUT2D eigenvalue weighted by Gasteiger charge is 2.35. The van der Waals surface area contributed by atoms with Crippen molar-refractivity contribution in [1.29, 1.82) is 0 Å². The highest BCUT2D eigenvalue weighted by molar-refractivity contribution is 6.30. The van der Waals surface area contributed by atoms with Gasteiger partial charge in [0.15, 0.2) is 0 Å². The molecule has 0 bridgehead atoms. The molecule has 0 aliphatic heterocycles. The maximum Gasteiger partial charge on any atom is 0.411 e. The highest BCUT2D eigenvalue weighted by atomic mass is 35.5. The monoisotopic (exact) mass is 587 g/mol. The number of Topliss-reactive ketones (excluding diaryl/α,β-unsaturated/α-hetero) is 1. The second-order valence-electron chi connectivity index (χ2n) is 11.3. The number of amides is 2. The Morgan fingerprint density at radius 3 is 2.32 bits per heavy atom. The molecule has 0 radical (unpaired) electrons. The summed E-state index contributed by atoms with van der Waals surface area (Å²) in [7, 11) is 1.16. The van der Waals surface area contributed by atoms with Gasteiger partial charge >= 0.3 is 6.09 Å². The summed E-state index contributed by atoms with van der Waals surface area (Å²) in [5, 5.41) is 13.5. The first-order valence-corrected chi connectivity index (χ1v) is 13.2. The van der Waals surface area contributed by atoms with Crippen LogP contribution in [0.15, 0.2) is 33.7 Å². The fraction of sp³-hybridized carbons (Fsp3) is 0.481. The molecular formula is C27H34ClN7O6. The number of hydrogen-bond donors (Lipinski definition) is 2. The van der Waals surface area contributed by atoms with Crippen LogP contribution in [0, 0.1) is 5.92 Å². The fourth-order valence-corrected chi connectivity index (χ4v) is 4.06. The topological polar surface area (TPSA) is 171 Å². The molecule has 41 heavy (non-hydrogen) atoms. The zero-order chi connectivity index (χ0) is 30.7. The predicted molar refractivity (Wildman–Crippen MR) is 150 cm³/mol. The van der Waals surface area contributed by atoms with Crippen LogP contribution in [0.3, 0.4) is 0 Å². The van der Waals surface area contributed by atoms with Crippen LogP contribution in [-0.4, -0.2) is 55.7 Å². The van der Waals surface area contributed by atoms with Gasteiger partial charge in [-0.1, -0.05) is 46.2 Å². The van der Waals surface area contributed by atoms with Crippen molar-refractivity contribution in [3.8, 4) is 0 Å². The first-order chi connectivity index (χ1) is 19.1. The molecule has 3 aromatic heterocycles. The summed E-state index contributed by atoms with van der Waals surface area (Å²) in [5.74, 6) is -1.40. The van der Waals surface area contributed by atoms with E-state index in [1.54, 1.807) is 26.0 Å². The van der Waals surface area contributed by atoms with E-state index in [0.29, 0.717) is 16.5 Å². The molecule has 0 aliphatic rings. The molecular weight excluding hydrogens is 554 g/mol. The van der Waals surface area contributed by atoms with Crippen molar-refractivity contribution in [3.05, 3.63) is 63.2 Å². The third-order valence-corrected chi connectivity index (χ3v) is 6.47. The average molecular weight is 588 g/mol. The minimum absolute atomic E-state index is 0.159. The van der Waals surface area contributed by atoms with E-state index in [1.807, 2.05) is 34.6 Å². The molecule has 2 amide bonds. The van der Waals surface area contributed by atoms with Crippen LogP contribution in [-0.2, 0) is 26.9 Å². The molecule has 220 valence electrons. The van der Waals surface area contributed by atoms with E-state index in [-0.39, 0.29) is 23.4 Å². The molecule has 2 N–H and O–H groups in total. The number of carbonyl (C=O) groups is 3. The molecule has 3 heterocycles. The smallest absolute Gasteiger partial charge is 0.411 e. The lowest BCUT2D eigenvalue weighted by Crippen LogP contribution is -2.47. The van der Waals surface area contributed by atoms with E-state index in [4.69, 9.17) is 16.0 Å². The van der Waals surface area contributed by atoms with Gasteiger partial charge in [-0.2, -0.15) is 0 Å². The summed E-state index contributed by atoms with van der Waals surface area (Å²) in [6.07, 6.45) is 1.85. The number of ketones is 1. The zero-order valence-corrected chi connectivity index (χ0v) is 25.0. The van der Waals surface area contributed by atoms with Crippen LogP contribution >= 0.6 is 11.6 Å². The molecule has 0 aromatic carbocycles. The van der Waals surface area contributed by atoms with Gasteiger partial charge in [-0.3, -0.25) is 29.3 Å². The molecule has 0 saturated carbocycles. The van der Waals surface area contributed by atoms with Gasteiger partial charge in [0, 0.05) is 11.6 Å². The summed E-state index contributed by atoms with van der Waals surface area (Å²) in [5.41, 5.74) is -1.66. The van der Waals surface area contributed by atoms with Crippen LogP contribution < -0.4 is 16.2 Å². The van der Waals surface area contributed by atoms with Crippen molar-refractivity contribution in [2.45, 2.75) is 71.9 Å². The van der Waals surface area contributed by atoms with Crippen molar-refractivity contribution < 1.29 is 23.5 Å². The average Bonchev–Trinajstić information content (AvgIpc) is 3.40. The van der Waals surface area contributed by atoms with Crippen LogP contribution in [0.4, 0.5) is 10.5 Å². The van der Waals surface area contributed by atoms with Gasteiger partial charge in [0.25, 0.3) is 11.4 Å². The minimum atomic E-state index is -1.04. The van der Waals surface area contributed by atoms with Gasteiger partial charge in [0.05, 0.1) is 35.5 Å². The van der Waals surface area contributed by atoms with Gasteiger partial charge < -0.3 is 14.5 Å².